The predicted molar refractivity (Wildman–Crippen MR) is 86.6 cm³/mol. The Morgan fingerprint density at radius 2 is 1.73 bits per heavy atom. The molecule has 5 nitrogen and oxygen atoms in total. The highest BCUT2D eigenvalue weighted by atomic mass is 32.2. The standard InChI is InChI=1S/C16H22N2O3S/c1-13(2)18-22(19,20)12-15-7-5-14(6-8-15)10-17-11-16-4-3-9-21-16/h3-9,13,17-18H,10-12H2,1-2H3. The topological polar surface area (TPSA) is 71.3 Å². The third kappa shape index (κ3) is 5.63. The molecule has 2 rings (SSSR count). The average molecular weight is 322 g/mol. The second kappa shape index (κ2) is 7.58. The van der Waals surface area contributed by atoms with Gasteiger partial charge in [-0.05, 0) is 37.1 Å². The Morgan fingerprint density at radius 3 is 2.32 bits per heavy atom. The Balaban J connectivity index is 1.85. The summed E-state index contributed by atoms with van der Waals surface area (Å²) in [6.07, 6.45) is 1.65. The molecule has 0 saturated heterocycles. The molecule has 0 saturated carbocycles. The van der Waals surface area contributed by atoms with Crippen LogP contribution in [0.1, 0.15) is 30.7 Å². The summed E-state index contributed by atoms with van der Waals surface area (Å²) in [5.74, 6) is 0.896. The van der Waals surface area contributed by atoms with Crippen LogP contribution in [0.25, 0.3) is 0 Å². The molecule has 0 atom stereocenters. The van der Waals surface area contributed by atoms with Gasteiger partial charge in [0, 0.05) is 12.6 Å². The Labute approximate surface area is 131 Å². The fraction of sp³-hybridized carbons (Fsp3) is 0.375. The number of hydrogen-bond acceptors (Lipinski definition) is 4. The second-order valence-corrected chi connectivity index (χ2v) is 7.28. The SMILES string of the molecule is CC(C)NS(=O)(=O)Cc1ccc(CNCc2ccco2)cc1. The zero-order valence-electron chi connectivity index (χ0n) is 12.9. The smallest absolute Gasteiger partial charge is 0.216 e. The van der Waals surface area contributed by atoms with Crippen LogP contribution in [0.3, 0.4) is 0 Å². The van der Waals surface area contributed by atoms with Gasteiger partial charge in [-0.1, -0.05) is 24.3 Å². The van der Waals surface area contributed by atoms with Crippen LogP contribution < -0.4 is 10.0 Å². The van der Waals surface area contributed by atoms with Gasteiger partial charge in [-0.2, -0.15) is 0 Å². The average Bonchev–Trinajstić information content (AvgIpc) is 2.92. The van der Waals surface area contributed by atoms with Gasteiger partial charge in [0.1, 0.15) is 5.76 Å². The maximum atomic E-state index is 11.9. The van der Waals surface area contributed by atoms with Crippen molar-refractivity contribution in [1.82, 2.24) is 10.0 Å². The first kappa shape index (κ1) is 16.7. The van der Waals surface area contributed by atoms with Crippen LogP contribution in [0, 0.1) is 0 Å². The maximum Gasteiger partial charge on any atom is 0.216 e. The van der Waals surface area contributed by atoms with E-state index in [0.717, 1.165) is 16.9 Å². The number of hydrogen-bond donors (Lipinski definition) is 2. The van der Waals surface area contributed by atoms with Crippen LogP contribution in [0.4, 0.5) is 0 Å². The summed E-state index contributed by atoms with van der Waals surface area (Å²) >= 11 is 0. The third-order valence-corrected chi connectivity index (χ3v) is 4.55. The highest BCUT2D eigenvalue weighted by molar-refractivity contribution is 7.88. The Bertz CT molecular complexity index is 662. The van der Waals surface area contributed by atoms with E-state index in [-0.39, 0.29) is 11.8 Å². The molecule has 0 fully saturated rings. The minimum atomic E-state index is -3.27. The molecule has 0 aliphatic heterocycles. The molecule has 0 radical (unpaired) electrons. The van der Waals surface area contributed by atoms with Crippen molar-refractivity contribution < 1.29 is 12.8 Å². The van der Waals surface area contributed by atoms with Crippen molar-refractivity contribution in [3.8, 4) is 0 Å². The molecule has 0 bridgehead atoms. The maximum absolute atomic E-state index is 11.9. The molecule has 1 heterocycles. The molecule has 22 heavy (non-hydrogen) atoms. The number of furan rings is 1. The number of nitrogens with one attached hydrogen (secondary N) is 2. The van der Waals surface area contributed by atoms with Crippen LogP contribution >= 0.6 is 0 Å². The molecule has 0 spiro atoms. The highest BCUT2D eigenvalue weighted by Gasteiger charge is 2.12. The monoisotopic (exact) mass is 322 g/mol. The Morgan fingerprint density at radius 1 is 1.05 bits per heavy atom. The van der Waals surface area contributed by atoms with Gasteiger partial charge in [-0.25, -0.2) is 13.1 Å². The summed E-state index contributed by atoms with van der Waals surface area (Å²) in [6.45, 7) is 5.00. The van der Waals surface area contributed by atoms with E-state index >= 15 is 0 Å². The molecule has 0 amide bonds. The predicted octanol–water partition coefficient (Wildman–Crippen LogP) is 2.40. The largest absolute Gasteiger partial charge is 0.468 e. The zero-order valence-corrected chi connectivity index (χ0v) is 13.7. The number of benzene rings is 1. The molecule has 2 aromatic rings. The van der Waals surface area contributed by atoms with Gasteiger partial charge in [-0.3, -0.25) is 0 Å². The van der Waals surface area contributed by atoms with E-state index < -0.39 is 10.0 Å². The van der Waals surface area contributed by atoms with Crippen molar-refractivity contribution in [2.45, 2.75) is 38.7 Å². The summed E-state index contributed by atoms with van der Waals surface area (Å²) in [7, 11) is -3.27. The van der Waals surface area contributed by atoms with E-state index in [9.17, 15) is 8.42 Å². The zero-order chi connectivity index (χ0) is 16.0. The summed E-state index contributed by atoms with van der Waals surface area (Å²) in [4.78, 5) is 0. The number of sulfonamides is 1. The molecule has 0 aliphatic carbocycles. The fourth-order valence-electron chi connectivity index (χ4n) is 2.12. The summed E-state index contributed by atoms with van der Waals surface area (Å²) < 4.78 is 31.6. The normalized spacial score (nSPS) is 12.0. The molecule has 0 aliphatic rings. The van der Waals surface area contributed by atoms with Crippen LogP contribution in [0.5, 0.6) is 0 Å². The highest BCUT2D eigenvalue weighted by Crippen LogP contribution is 2.09. The minimum absolute atomic E-state index is 0.00524. The van der Waals surface area contributed by atoms with E-state index in [2.05, 4.69) is 10.0 Å². The second-order valence-electron chi connectivity index (χ2n) is 5.53. The summed E-state index contributed by atoms with van der Waals surface area (Å²) in [5.41, 5.74) is 1.88. The van der Waals surface area contributed by atoms with Crippen molar-refractivity contribution in [3.05, 3.63) is 59.5 Å². The first-order valence-corrected chi connectivity index (χ1v) is 8.91. The fourth-order valence-corrected chi connectivity index (χ4v) is 3.55. The molecule has 120 valence electrons. The molecule has 0 unspecified atom stereocenters. The summed E-state index contributed by atoms with van der Waals surface area (Å²) in [5, 5.41) is 3.27. The van der Waals surface area contributed by atoms with Gasteiger partial charge >= 0.3 is 0 Å². The van der Waals surface area contributed by atoms with Gasteiger partial charge in [0.25, 0.3) is 0 Å². The lowest BCUT2D eigenvalue weighted by molar-refractivity contribution is 0.483. The van der Waals surface area contributed by atoms with Crippen molar-refractivity contribution in [3.63, 3.8) is 0 Å². The first-order chi connectivity index (χ1) is 10.4. The van der Waals surface area contributed by atoms with E-state index in [4.69, 9.17) is 4.42 Å². The van der Waals surface area contributed by atoms with E-state index in [1.807, 2.05) is 50.2 Å². The van der Waals surface area contributed by atoms with Gasteiger partial charge in [0.05, 0.1) is 18.6 Å². The van der Waals surface area contributed by atoms with Crippen LogP contribution in [0.15, 0.2) is 47.1 Å². The molecule has 6 heteroatoms. The summed E-state index contributed by atoms with van der Waals surface area (Å²) in [6, 6.07) is 11.3. The van der Waals surface area contributed by atoms with Gasteiger partial charge in [0.15, 0.2) is 0 Å². The minimum Gasteiger partial charge on any atom is -0.468 e. The molecule has 1 aromatic carbocycles. The van der Waals surface area contributed by atoms with E-state index in [0.29, 0.717) is 13.1 Å². The van der Waals surface area contributed by atoms with Gasteiger partial charge in [-0.15, -0.1) is 0 Å². The van der Waals surface area contributed by atoms with Crippen LogP contribution in [-0.2, 0) is 28.9 Å². The van der Waals surface area contributed by atoms with Gasteiger partial charge in [0.2, 0.25) is 10.0 Å². The van der Waals surface area contributed by atoms with Crippen molar-refractivity contribution in [2.24, 2.45) is 0 Å². The van der Waals surface area contributed by atoms with Crippen LogP contribution in [0.2, 0.25) is 0 Å². The molecular weight excluding hydrogens is 300 g/mol. The first-order valence-electron chi connectivity index (χ1n) is 7.25. The molecule has 2 N–H and O–H groups in total. The van der Waals surface area contributed by atoms with Crippen molar-refractivity contribution in [2.75, 3.05) is 0 Å². The van der Waals surface area contributed by atoms with Crippen molar-refractivity contribution in [1.29, 1.82) is 0 Å². The number of rotatable bonds is 8. The van der Waals surface area contributed by atoms with Crippen LogP contribution in [-0.4, -0.2) is 14.5 Å². The Kier molecular flexibility index (Phi) is 5.76. The lowest BCUT2D eigenvalue weighted by Crippen LogP contribution is -2.31. The lowest BCUT2D eigenvalue weighted by atomic mass is 10.1. The van der Waals surface area contributed by atoms with Gasteiger partial charge < -0.3 is 9.73 Å². The quantitative estimate of drug-likeness (QED) is 0.783. The Hall–Kier alpha value is -1.63. The third-order valence-electron chi connectivity index (χ3n) is 3.00. The molecular formula is C16H22N2O3S. The van der Waals surface area contributed by atoms with Crippen molar-refractivity contribution >= 4 is 10.0 Å². The molecule has 1 aromatic heterocycles. The van der Waals surface area contributed by atoms with E-state index in [1.54, 1.807) is 6.26 Å². The van der Waals surface area contributed by atoms with E-state index in [1.165, 1.54) is 0 Å². The lowest BCUT2D eigenvalue weighted by Gasteiger charge is -2.10.